The van der Waals surface area contributed by atoms with E-state index in [-0.39, 0.29) is 0 Å². The molecule has 2 heterocycles. The van der Waals surface area contributed by atoms with Crippen LogP contribution in [0.2, 0.25) is 0 Å². The van der Waals surface area contributed by atoms with Crippen molar-refractivity contribution in [2.75, 3.05) is 0 Å². The van der Waals surface area contributed by atoms with Gasteiger partial charge in [-0.05, 0) is 35.7 Å². The van der Waals surface area contributed by atoms with Crippen molar-refractivity contribution in [1.82, 2.24) is 14.5 Å². The van der Waals surface area contributed by atoms with Crippen LogP contribution < -0.4 is 0 Å². The molecule has 0 atom stereocenters. The van der Waals surface area contributed by atoms with Crippen molar-refractivity contribution in [3.63, 3.8) is 0 Å². The molecule has 0 saturated carbocycles. The van der Waals surface area contributed by atoms with Gasteiger partial charge in [0.2, 0.25) is 0 Å². The van der Waals surface area contributed by atoms with Crippen molar-refractivity contribution >= 4 is 11.2 Å². The Hall–Kier alpha value is -2.94. The van der Waals surface area contributed by atoms with Gasteiger partial charge < -0.3 is 4.57 Å². The standard InChI is InChI=1S/C20H17N3.2C2H6/c1-15-22-19-8-5-13-21-20(19)23(15)14-16-9-11-18(12-10-16)17-6-3-2-4-7-17;2*1-2/h2-13H,14H2,1H3;2*1-2H3/i6D;;. The Bertz CT molecular complexity index is 1000. The summed E-state index contributed by atoms with van der Waals surface area (Å²) in [5, 5.41) is 0. The number of fused-ring (bicyclic) bond motifs is 1. The van der Waals surface area contributed by atoms with E-state index in [0.29, 0.717) is 6.04 Å². The summed E-state index contributed by atoms with van der Waals surface area (Å²) >= 11 is 0. The molecule has 0 spiro atoms. The Morgan fingerprint density at radius 1 is 0.852 bits per heavy atom. The third-order valence-corrected chi connectivity index (χ3v) is 4.01. The molecule has 140 valence electrons. The molecule has 0 fully saturated rings. The molecule has 0 N–H and O–H groups in total. The lowest BCUT2D eigenvalue weighted by Crippen LogP contribution is -2.02. The molecule has 0 radical (unpaired) electrons. The van der Waals surface area contributed by atoms with Crippen molar-refractivity contribution in [3.05, 3.63) is 84.3 Å². The molecule has 0 aliphatic rings. The van der Waals surface area contributed by atoms with Crippen LogP contribution in [0.15, 0.2) is 72.9 Å². The number of aromatic nitrogens is 3. The summed E-state index contributed by atoms with van der Waals surface area (Å²) in [7, 11) is 0. The van der Waals surface area contributed by atoms with Gasteiger partial charge in [-0.15, -0.1) is 0 Å². The molecular weight excluding hydrogens is 330 g/mol. The first-order valence-corrected chi connectivity index (χ1v) is 9.65. The average molecular weight is 361 g/mol. The molecule has 0 bridgehead atoms. The summed E-state index contributed by atoms with van der Waals surface area (Å²) < 4.78 is 10.1. The maximum atomic E-state index is 8.02. The van der Waals surface area contributed by atoms with Crippen LogP contribution in [-0.2, 0) is 6.54 Å². The summed E-state index contributed by atoms with van der Waals surface area (Å²) in [6.07, 6.45) is 1.80. The fraction of sp³-hybridized carbons (Fsp3) is 0.250. The molecule has 3 nitrogen and oxygen atoms in total. The molecule has 0 unspecified atom stereocenters. The molecule has 4 rings (SSSR count). The highest BCUT2D eigenvalue weighted by molar-refractivity contribution is 5.71. The van der Waals surface area contributed by atoms with Crippen LogP contribution >= 0.6 is 0 Å². The van der Waals surface area contributed by atoms with Crippen LogP contribution in [-0.4, -0.2) is 14.5 Å². The van der Waals surface area contributed by atoms with Gasteiger partial charge in [0, 0.05) is 6.20 Å². The Morgan fingerprint density at radius 3 is 2.30 bits per heavy atom. The van der Waals surface area contributed by atoms with Gasteiger partial charge in [0.15, 0.2) is 5.65 Å². The topological polar surface area (TPSA) is 30.7 Å². The number of rotatable bonds is 3. The highest BCUT2D eigenvalue weighted by Gasteiger charge is 2.08. The largest absolute Gasteiger partial charge is 0.308 e. The van der Waals surface area contributed by atoms with Crippen LogP contribution in [0.3, 0.4) is 0 Å². The number of nitrogens with zero attached hydrogens (tertiary/aromatic N) is 3. The zero-order valence-corrected chi connectivity index (χ0v) is 16.9. The van der Waals surface area contributed by atoms with Crippen molar-refractivity contribution in [1.29, 1.82) is 0 Å². The lowest BCUT2D eigenvalue weighted by atomic mass is 10.0. The normalized spacial score (nSPS) is 10.3. The summed E-state index contributed by atoms with van der Waals surface area (Å²) in [5.74, 6) is 0.962. The number of aryl methyl sites for hydroxylation is 1. The summed E-state index contributed by atoms with van der Waals surface area (Å²) in [6, 6.07) is 20.5. The van der Waals surface area contributed by atoms with E-state index >= 15 is 0 Å². The smallest absolute Gasteiger partial charge is 0.160 e. The maximum absolute atomic E-state index is 8.02. The highest BCUT2D eigenvalue weighted by Crippen LogP contribution is 2.21. The van der Waals surface area contributed by atoms with Gasteiger partial charge in [0.25, 0.3) is 0 Å². The predicted octanol–water partition coefficient (Wildman–Crippen LogP) is 6.51. The Balaban J connectivity index is 0.000000660. The van der Waals surface area contributed by atoms with Crippen LogP contribution in [0, 0.1) is 6.92 Å². The summed E-state index contributed by atoms with van der Waals surface area (Å²) in [5.41, 5.74) is 5.05. The second-order valence-corrected chi connectivity index (χ2v) is 5.56. The quantitative estimate of drug-likeness (QED) is 0.417. The van der Waals surface area contributed by atoms with E-state index in [1.165, 1.54) is 5.56 Å². The molecule has 0 amide bonds. The number of benzene rings is 2. The van der Waals surface area contributed by atoms with Gasteiger partial charge in [-0.1, -0.05) is 82.3 Å². The molecule has 2 aromatic carbocycles. The molecule has 4 aromatic rings. The molecule has 0 saturated heterocycles. The van der Waals surface area contributed by atoms with Crippen molar-refractivity contribution in [2.45, 2.75) is 41.2 Å². The molecule has 27 heavy (non-hydrogen) atoms. The lowest BCUT2D eigenvalue weighted by molar-refractivity contribution is 0.777. The van der Waals surface area contributed by atoms with Crippen LogP contribution in [0.5, 0.6) is 0 Å². The van der Waals surface area contributed by atoms with Crippen molar-refractivity contribution in [3.8, 4) is 11.1 Å². The van der Waals surface area contributed by atoms with E-state index in [0.717, 1.165) is 34.7 Å². The fourth-order valence-corrected chi connectivity index (χ4v) is 2.81. The van der Waals surface area contributed by atoms with Gasteiger partial charge in [-0.25, -0.2) is 9.97 Å². The summed E-state index contributed by atoms with van der Waals surface area (Å²) in [4.78, 5) is 9.01. The van der Waals surface area contributed by atoms with Crippen molar-refractivity contribution in [2.24, 2.45) is 0 Å². The van der Waals surface area contributed by atoms with E-state index in [1.807, 2.05) is 71.0 Å². The zero-order chi connectivity index (χ0) is 20.5. The maximum Gasteiger partial charge on any atom is 0.160 e. The van der Waals surface area contributed by atoms with E-state index in [2.05, 4.69) is 38.8 Å². The Kier molecular flexibility index (Phi) is 7.16. The second-order valence-electron chi connectivity index (χ2n) is 5.56. The molecule has 2 aromatic heterocycles. The Morgan fingerprint density at radius 2 is 1.59 bits per heavy atom. The Labute approximate surface area is 164 Å². The van der Waals surface area contributed by atoms with Gasteiger partial charge in [0.05, 0.1) is 7.92 Å². The van der Waals surface area contributed by atoms with Crippen LogP contribution in [0.1, 0.15) is 40.5 Å². The van der Waals surface area contributed by atoms with Gasteiger partial charge >= 0.3 is 0 Å². The first-order chi connectivity index (χ1) is 13.7. The lowest BCUT2D eigenvalue weighted by Gasteiger charge is -2.08. The zero-order valence-electron chi connectivity index (χ0n) is 17.9. The first-order valence-electron chi connectivity index (χ1n) is 10.2. The third-order valence-electron chi connectivity index (χ3n) is 4.01. The molecule has 0 aliphatic heterocycles. The molecule has 3 heteroatoms. The average Bonchev–Trinajstić information content (AvgIpc) is 3.07. The monoisotopic (exact) mass is 360 g/mol. The van der Waals surface area contributed by atoms with Gasteiger partial charge in [0.1, 0.15) is 11.3 Å². The van der Waals surface area contributed by atoms with Crippen molar-refractivity contribution < 1.29 is 1.37 Å². The van der Waals surface area contributed by atoms with E-state index in [9.17, 15) is 0 Å². The molecular formula is C24H29N3. The SMILES string of the molecule is CC.CC.[2H]c1ccccc1-c1ccc(Cn2c(C)nc3cccnc32)cc1. The first kappa shape index (κ1) is 18.8. The fourth-order valence-electron chi connectivity index (χ4n) is 2.81. The number of hydrogen-bond donors (Lipinski definition) is 0. The van der Waals surface area contributed by atoms with E-state index in [1.54, 1.807) is 6.20 Å². The number of hydrogen-bond acceptors (Lipinski definition) is 2. The predicted molar refractivity (Wildman–Crippen MR) is 116 cm³/mol. The summed E-state index contributed by atoms with van der Waals surface area (Å²) in [6.45, 7) is 10.7. The second kappa shape index (κ2) is 10.3. The minimum atomic E-state index is 0.547. The number of pyridine rings is 1. The molecule has 0 aliphatic carbocycles. The third kappa shape index (κ3) is 4.82. The van der Waals surface area contributed by atoms with E-state index in [4.69, 9.17) is 1.37 Å². The van der Waals surface area contributed by atoms with Crippen LogP contribution in [0.25, 0.3) is 22.3 Å². The van der Waals surface area contributed by atoms with Gasteiger partial charge in [-0.3, -0.25) is 0 Å². The minimum Gasteiger partial charge on any atom is -0.308 e. The van der Waals surface area contributed by atoms with E-state index < -0.39 is 0 Å². The highest BCUT2D eigenvalue weighted by atomic mass is 15.1. The number of imidazole rings is 1. The van der Waals surface area contributed by atoms with Crippen LogP contribution in [0.4, 0.5) is 0 Å². The van der Waals surface area contributed by atoms with Gasteiger partial charge in [-0.2, -0.15) is 0 Å². The minimum absolute atomic E-state index is 0.547.